The summed E-state index contributed by atoms with van der Waals surface area (Å²) in [7, 11) is 0. The van der Waals surface area contributed by atoms with E-state index in [-0.39, 0.29) is 31.1 Å². The summed E-state index contributed by atoms with van der Waals surface area (Å²) >= 11 is 0. The molecule has 8 heteroatoms. The molecule has 0 bridgehead atoms. The summed E-state index contributed by atoms with van der Waals surface area (Å²) < 4.78 is 7.93. The van der Waals surface area contributed by atoms with Gasteiger partial charge in [-0.2, -0.15) is 5.26 Å². The highest BCUT2D eigenvalue weighted by Crippen LogP contribution is 2.06. The number of aryl methyl sites for hydroxylation is 1. The van der Waals surface area contributed by atoms with Gasteiger partial charge >= 0.3 is 5.69 Å². The summed E-state index contributed by atoms with van der Waals surface area (Å²) in [4.78, 5) is 25.9. The number of aromatic nitrogens is 3. The minimum atomic E-state index is -0.574. The van der Waals surface area contributed by atoms with E-state index >= 15 is 0 Å². The van der Waals surface area contributed by atoms with Gasteiger partial charge in [0, 0.05) is 19.2 Å². The van der Waals surface area contributed by atoms with Crippen molar-refractivity contribution in [2.45, 2.75) is 19.1 Å². The number of morpholine rings is 1. The molecule has 1 saturated heterocycles. The van der Waals surface area contributed by atoms with Crippen LogP contribution in [0.25, 0.3) is 5.65 Å². The molecular weight excluding hydrogens is 286 g/mol. The highest BCUT2D eigenvalue weighted by Gasteiger charge is 2.23. The van der Waals surface area contributed by atoms with Crippen LogP contribution in [-0.2, 0) is 16.1 Å². The van der Waals surface area contributed by atoms with Gasteiger partial charge in [-0.1, -0.05) is 6.07 Å². The number of carbonyl (C=O) groups excluding carboxylic acids is 1. The number of rotatable bonds is 3. The van der Waals surface area contributed by atoms with Crippen LogP contribution in [0.1, 0.15) is 6.42 Å². The van der Waals surface area contributed by atoms with Gasteiger partial charge < -0.3 is 9.64 Å². The van der Waals surface area contributed by atoms with Crippen LogP contribution >= 0.6 is 0 Å². The molecule has 0 aliphatic carbocycles. The van der Waals surface area contributed by atoms with Gasteiger partial charge in [-0.15, -0.1) is 5.10 Å². The molecular formula is C14H15N5O3. The molecule has 0 spiro atoms. The van der Waals surface area contributed by atoms with E-state index in [1.54, 1.807) is 29.3 Å². The van der Waals surface area contributed by atoms with Crippen molar-refractivity contribution in [2.75, 3.05) is 19.7 Å². The number of pyridine rings is 1. The number of hydrogen-bond acceptors (Lipinski definition) is 5. The molecule has 1 fully saturated rings. The molecule has 1 unspecified atom stereocenters. The SMILES string of the molecule is N#CC1CN(C(=O)CCn2nc3ccccn3c2=O)CCO1. The number of hydrogen-bond donors (Lipinski definition) is 0. The first kappa shape index (κ1) is 14.3. The van der Waals surface area contributed by atoms with Gasteiger partial charge in [0.15, 0.2) is 11.8 Å². The Morgan fingerprint density at radius 2 is 2.36 bits per heavy atom. The molecule has 2 aromatic heterocycles. The van der Waals surface area contributed by atoms with Crippen molar-refractivity contribution in [3.05, 3.63) is 34.9 Å². The van der Waals surface area contributed by atoms with E-state index in [2.05, 4.69) is 5.10 Å². The topological polar surface area (TPSA) is 92.6 Å². The Balaban J connectivity index is 1.66. The first-order valence-electron chi connectivity index (χ1n) is 7.02. The minimum absolute atomic E-state index is 0.104. The Morgan fingerprint density at radius 3 is 3.14 bits per heavy atom. The van der Waals surface area contributed by atoms with Gasteiger partial charge in [0.1, 0.15) is 0 Å². The zero-order valence-corrected chi connectivity index (χ0v) is 11.9. The lowest BCUT2D eigenvalue weighted by Crippen LogP contribution is -2.45. The number of amides is 1. The average molecular weight is 301 g/mol. The number of fused-ring (bicyclic) bond motifs is 1. The van der Waals surface area contributed by atoms with E-state index in [4.69, 9.17) is 10.00 Å². The molecule has 1 aliphatic rings. The molecule has 1 atom stereocenters. The van der Waals surface area contributed by atoms with Crippen LogP contribution in [0.2, 0.25) is 0 Å². The monoisotopic (exact) mass is 301 g/mol. The van der Waals surface area contributed by atoms with Crippen molar-refractivity contribution in [2.24, 2.45) is 0 Å². The second kappa shape index (κ2) is 5.99. The van der Waals surface area contributed by atoms with Crippen LogP contribution < -0.4 is 5.69 Å². The van der Waals surface area contributed by atoms with Crippen LogP contribution in [0.5, 0.6) is 0 Å². The zero-order chi connectivity index (χ0) is 15.5. The maximum absolute atomic E-state index is 12.2. The molecule has 22 heavy (non-hydrogen) atoms. The van der Waals surface area contributed by atoms with Crippen LogP contribution in [0, 0.1) is 11.3 Å². The van der Waals surface area contributed by atoms with E-state index in [1.165, 1.54) is 9.08 Å². The molecule has 0 radical (unpaired) electrons. The number of carbonyl (C=O) groups is 1. The first-order chi connectivity index (χ1) is 10.7. The van der Waals surface area contributed by atoms with E-state index in [0.717, 1.165) is 0 Å². The lowest BCUT2D eigenvalue weighted by molar-refractivity contribution is -0.137. The predicted molar refractivity (Wildman–Crippen MR) is 76.0 cm³/mol. The molecule has 2 aromatic rings. The second-order valence-electron chi connectivity index (χ2n) is 5.01. The molecule has 3 rings (SSSR count). The quantitative estimate of drug-likeness (QED) is 0.771. The van der Waals surface area contributed by atoms with Gasteiger partial charge in [0.05, 0.1) is 25.8 Å². The van der Waals surface area contributed by atoms with Crippen LogP contribution in [0.15, 0.2) is 29.2 Å². The molecule has 3 heterocycles. The zero-order valence-electron chi connectivity index (χ0n) is 11.9. The molecule has 1 aliphatic heterocycles. The Hall–Kier alpha value is -2.66. The fourth-order valence-corrected chi connectivity index (χ4v) is 2.43. The van der Waals surface area contributed by atoms with E-state index in [9.17, 15) is 9.59 Å². The maximum atomic E-state index is 12.2. The average Bonchev–Trinajstić information content (AvgIpc) is 2.89. The molecule has 0 N–H and O–H groups in total. The van der Waals surface area contributed by atoms with Crippen molar-refractivity contribution in [1.82, 2.24) is 19.1 Å². The first-order valence-corrected chi connectivity index (χ1v) is 7.02. The normalized spacial score (nSPS) is 18.3. The molecule has 1 amide bonds. The third-order valence-electron chi connectivity index (χ3n) is 3.59. The summed E-state index contributed by atoms with van der Waals surface area (Å²) in [5.74, 6) is -0.104. The number of nitrogens with zero attached hydrogens (tertiary/aromatic N) is 5. The van der Waals surface area contributed by atoms with Crippen molar-refractivity contribution in [3.63, 3.8) is 0 Å². The summed E-state index contributed by atoms with van der Waals surface area (Å²) in [5, 5.41) is 13.0. The summed E-state index contributed by atoms with van der Waals surface area (Å²) in [6, 6.07) is 7.29. The van der Waals surface area contributed by atoms with Crippen LogP contribution in [0.3, 0.4) is 0 Å². The van der Waals surface area contributed by atoms with Gasteiger partial charge in [-0.25, -0.2) is 9.48 Å². The predicted octanol–water partition coefficient (Wildman–Crippen LogP) is -0.363. The lowest BCUT2D eigenvalue weighted by atomic mass is 10.2. The third kappa shape index (κ3) is 2.71. The highest BCUT2D eigenvalue weighted by molar-refractivity contribution is 5.76. The lowest BCUT2D eigenvalue weighted by Gasteiger charge is -2.29. The largest absolute Gasteiger partial charge is 0.360 e. The smallest absolute Gasteiger partial charge is 0.350 e. The van der Waals surface area contributed by atoms with E-state index in [0.29, 0.717) is 18.8 Å². The van der Waals surface area contributed by atoms with Crippen molar-refractivity contribution < 1.29 is 9.53 Å². The molecule has 8 nitrogen and oxygen atoms in total. The van der Waals surface area contributed by atoms with E-state index < -0.39 is 6.10 Å². The van der Waals surface area contributed by atoms with Gasteiger partial charge in [0.25, 0.3) is 0 Å². The molecule has 0 saturated carbocycles. The molecule has 0 aromatic carbocycles. The second-order valence-corrected chi connectivity index (χ2v) is 5.01. The Bertz CT molecular complexity index is 788. The van der Waals surface area contributed by atoms with Crippen molar-refractivity contribution >= 4 is 11.6 Å². The summed E-state index contributed by atoms with van der Waals surface area (Å²) in [5.41, 5.74) is 0.288. The van der Waals surface area contributed by atoms with Gasteiger partial charge in [-0.05, 0) is 12.1 Å². The highest BCUT2D eigenvalue weighted by atomic mass is 16.5. The van der Waals surface area contributed by atoms with Crippen LogP contribution in [-0.4, -0.2) is 50.8 Å². The Labute approximate surface area is 126 Å². The summed E-state index contributed by atoms with van der Waals surface area (Å²) in [6.07, 6.45) is 1.24. The fraction of sp³-hybridized carbons (Fsp3) is 0.429. The van der Waals surface area contributed by atoms with Crippen molar-refractivity contribution in [3.8, 4) is 6.07 Å². The third-order valence-corrected chi connectivity index (χ3v) is 3.59. The minimum Gasteiger partial charge on any atom is -0.360 e. The van der Waals surface area contributed by atoms with Gasteiger partial charge in [0.2, 0.25) is 5.91 Å². The van der Waals surface area contributed by atoms with Crippen molar-refractivity contribution in [1.29, 1.82) is 5.26 Å². The fourth-order valence-electron chi connectivity index (χ4n) is 2.43. The summed E-state index contributed by atoms with van der Waals surface area (Å²) in [6.45, 7) is 1.32. The Kier molecular flexibility index (Phi) is 3.89. The Morgan fingerprint density at radius 1 is 1.50 bits per heavy atom. The van der Waals surface area contributed by atoms with Gasteiger partial charge in [-0.3, -0.25) is 9.20 Å². The maximum Gasteiger partial charge on any atom is 0.350 e. The van der Waals surface area contributed by atoms with Crippen LogP contribution in [0.4, 0.5) is 0 Å². The number of ether oxygens (including phenoxy) is 1. The molecule has 114 valence electrons. The van der Waals surface area contributed by atoms with E-state index in [1.807, 2.05) is 6.07 Å². The number of nitriles is 1. The standard InChI is InChI=1S/C14H15N5O3/c15-9-11-10-17(7-8-22-11)13(20)4-6-19-14(21)18-5-2-1-3-12(18)16-19/h1-3,5,11H,4,6-8,10H2.